The summed E-state index contributed by atoms with van der Waals surface area (Å²) in [7, 11) is -0.844. The van der Waals surface area contributed by atoms with Gasteiger partial charge in [-0.2, -0.15) is 0 Å². The SMILES string of the molecule is CN(C)C(CNS(=O)(=O)c1cc(F)ccc1F)c1cccc(F)c1. The highest BCUT2D eigenvalue weighted by atomic mass is 32.2. The molecule has 2 aromatic rings. The number of hydrogen-bond donors (Lipinski definition) is 1. The molecule has 0 saturated carbocycles. The first-order valence-corrected chi connectivity index (χ1v) is 8.55. The van der Waals surface area contributed by atoms with Gasteiger partial charge < -0.3 is 4.90 Å². The lowest BCUT2D eigenvalue weighted by atomic mass is 10.1. The Labute approximate surface area is 139 Å². The van der Waals surface area contributed by atoms with E-state index in [2.05, 4.69) is 4.72 Å². The van der Waals surface area contributed by atoms with Crippen LogP contribution in [0.25, 0.3) is 0 Å². The summed E-state index contributed by atoms with van der Waals surface area (Å²) in [5, 5.41) is 0. The smallest absolute Gasteiger partial charge is 0.243 e. The van der Waals surface area contributed by atoms with Gasteiger partial charge in [-0.1, -0.05) is 12.1 Å². The fourth-order valence-electron chi connectivity index (χ4n) is 2.26. The highest BCUT2D eigenvalue weighted by Crippen LogP contribution is 2.20. The Morgan fingerprint density at radius 1 is 1.04 bits per heavy atom. The van der Waals surface area contributed by atoms with E-state index in [1.165, 1.54) is 18.2 Å². The Morgan fingerprint density at radius 3 is 2.33 bits per heavy atom. The largest absolute Gasteiger partial charge is 0.301 e. The standard InChI is InChI=1S/C16H17F3N2O2S/c1-21(2)15(11-4-3-5-12(17)8-11)10-20-24(22,23)16-9-13(18)6-7-14(16)19/h3-9,15,20H,10H2,1-2H3. The van der Waals surface area contributed by atoms with Crippen LogP contribution in [0.1, 0.15) is 11.6 Å². The van der Waals surface area contributed by atoms with Gasteiger partial charge in [-0.3, -0.25) is 0 Å². The van der Waals surface area contributed by atoms with Gasteiger partial charge in [-0.05, 0) is 50.0 Å². The predicted octanol–water partition coefficient (Wildman–Crippen LogP) is 2.69. The summed E-state index contributed by atoms with van der Waals surface area (Å²) in [6.45, 7) is -0.130. The highest BCUT2D eigenvalue weighted by Gasteiger charge is 2.23. The van der Waals surface area contributed by atoms with Gasteiger partial charge in [0, 0.05) is 12.6 Å². The summed E-state index contributed by atoms with van der Waals surface area (Å²) in [4.78, 5) is 0.929. The highest BCUT2D eigenvalue weighted by molar-refractivity contribution is 7.89. The van der Waals surface area contributed by atoms with Gasteiger partial charge >= 0.3 is 0 Å². The maximum Gasteiger partial charge on any atom is 0.243 e. The van der Waals surface area contributed by atoms with Gasteiger partial charge in [-0.25, -0.2) is 26.3 Å². The Bertz CT molecular complexity index is 826. The van der Waals surface area contributed by atoms with E-state index >= 15 is 0 Å². The summed E-state index contributed by atoms with van der Waals surface area (Å²) in [5.41, 5.74) is 0.558. The number of likely N-dealkylation sites (N-methyl/N-ethyl adjacent to an activating group) is 1. The number of sulfonamides is 1. The van der Waals surface area contributed by atoms with Gasteiger partial charge in [-0.15, -0.1) is 0 Å². The van der Waals surface area contributed by atoms with Gasteiger partial charge in [0.2, 0.25) is 10.0 Å². The third-order valence-corrected chi connectivity index (χ3v) is 4.94. The topological polar surface area (TPSA) is 49.4 Å². The molecule has 2 rings (SSSR count). The van der Waals surface area contributed by atoms with Crippen LogP contribution in [0.15, 0.2) is 47.4 Å². The zero-order chi connectivity index (χ0) is 17.9. The second kappa shape index (κ2) is 7.33. The van der Waals surface area contributed by atoms with Crippen molar-refractivity contribution in [1.82, 2.24) is 9.62 Å². The molecule has 24 heavy (non-hydrogen) atoms. The van der Waals surface area contributed by atoms with E-state index in [0.717, 1.165) is 12.1 Å². The monoisotopic (exact) mass is 358 g/mol. The minimum absolute atomic E-state index is 0.130. The minimum atomic E-state index is -4.25. The van der Waals surface area contributed by atoms with Crippen LogP contribution >= 0.6 is 0 Å². The number of benzene rings is 2. The van der Waals surface area contributed by atoms with Crippen molar-refractivity contribution in [2.75, 3.05) is 20.6 Å². The molecule has 1 N–H and O–H groups in total. The number of nitrogens with one attached hydrogen (secondary N) is 1. The van der Waals surface area contributed by atoms with Crippen LogP contribution in [-0.2, 0) is 10.0 Å². The van der Waals surface area contributed by atoms with E-state index < -0.39 is 38.4 Å². The molecule has 0 amide bonds. The van der Waals surface area contributed by atoms with Crippen molar-refractivity contribution in [3.63, 3.8) is 0 Å². The molecule has 0 spiro atoms. The first kappa shape index (κ1) is 18.4. The summed E-state index contributed by atoms with van der Waals surface area (Å²) >= 11 is 0. The molecule has 0 saturated heterocycles. The van der Waals surface area contributed by atoms with Gasteiger partial charge in [0.05, 0.1) is 0 Å². The fraction of sp³-hybridized carbons (Fsp3) is 0.250. The molecule has 0 heterocycles. The summed E-state index contributed by atoms with van der Waals surface area (Å²) in [6, 6.07) is 7.47. The molecule has 0 radical (unpaired) electrons. The summed E-state index contributed by atoms with van der Waals surface area (Å²) in [5.74, 6) is -2.35. The van der Waals surface area contributed by atoms with Crippen molar-refractivity contribution in [3.05, 3.63) is 65.5 Å². The van der Waals surface area contributed by atoms with E-state index in [1.54, 1.807) is 25.1 Å². The first-order chi connectivity index (χ1) is 11.2. The molecule has 0 fully saturated rings. The van der Waals surface area contributed by atoms with Crippen LogP contribution in [0.2, 0.25) is 0 Å². The zero-order valence-electron chi connectivity index (χ0n) is 13.1. The molecule has 130 valence electrons. The van der Waals surface area contributed by atoms with Crippen LogP contribution in [0, 0.1) is 17.5 Å². The average Bonchev–Trinajstić information content (AvgIpc) is 2.49. The van der Waals surface area contributed by atoms with Crippen molar-refractivity contribution >= 4 is 10.0 Å². The van der Waals surface area contributed by atoms with Crippen molar-refractivity contribution in [3.8, 4) is 0 Å². The quantitative estimate of drug-likeness (QED) is 0.864. The van der Waals surface area contributed by atoms with Gasteiger partial charge in [0.15, 0.2) is 0 Å². The summed E-state index contributed by atoms with van der Waals surface area (Å²) in [6.07, 6.45) is 0. The second-order valence-corrected chi connectivity index (χ2v) is 7.20. The van der Waals surface area contributed by atoms with Crippen molar-refractivity contribution in [1.29, 1.82) is 0 Å². The van der Waals surface area contributed by atoms with Crippen molar-refractivity contribution < 1.29 is 21.6 Å². The van der Waals surface area contributed by atoms with E-state index in [-0.39, 0.29) is 6.54 Å². The maximum atomic E-state index is 13.7. The number of rotatable bonds is 6. The lowest BCUT2D eigenvalue weighted by Gasteiger charge is -2.25. The second-order valence-electron chi connectivity index (χ2n) is 5.46. The van der Waals surface area contributed by atoms with Crippen LogP contribution in [0.3, 0.4) is 0 Å². The Morgan fingerprint density at radius 2 is 1.71 bits per heavy atom. The molecule has 0 aromatic heterocycles. The molecule has 0 aliphatic heterocycles. The first-order valence-electron chi connectivity index (χ1n) is 7.07. The van der Waals surface area contributed by atoms with Crippen molar-refractivity contribution in [2.24, 2.45) is 0 Å². The summed E-state index contributed by atoms with van der Waals surface area (Å²) < 4.78 is 66.9. The van der Waals surface area contributed by atoms with E-state index in [0.29, 0.717) is 11.6 Å². The van der Waals surface area contributed by atoms with Crippen molar-refractivity contribution in [2.45, 2.75) is 10.9 Å². The molecule has 1 unspecified atom stereocenters. The fourth-order valence-corrected chi connectivity index (χ4v) is 3.39. The predicted molar refractivity (Wildman–Crippen MR) is 84.4 cm³/mol. The molecular weight excluding hydrogens is 341 g/mol. The number of halogens is 3. The Kier molecular flexibility index (Phi) is 5.63. The van der Waals surface area contributed by atoms with E-state index in [4.69, 9.17) is 0 Å². The number of nitrogens with zero attached hydrogens (tertiary/aromatic N) is 1. The molecule has 0 bridgehead atoms. The van der Waals surface area contributed by atoms with E-state index in [1.807, 2.05) is 0 Å². The average molecular weight is 358 g/mol. The molecule has 0 aliphatic carbocycles. The van der Waals surface area contributed by atoms with Gasteiger partial charge in [0.1, 0.15) is 22.3 Å². The molecule has 8 heteroatoms. The lowest BCUT2D eigenvalue weighted by Crippen LogP contribution is -2.35. The maximum absolute atomic E-state index is 13.7. The third kappa shape index (κ3) is 4.34. The molecule has 0 aliphatic rings. The zero-order valence-corrected chi connectivity index (χ0v) is 13.9. The number of hydrogen-bond acceptors (Lipinski definition) is 3. The lowest BCUT2D eigenvalue weighted by molar-refractivity contribution is 0.298. The Balaban J connectivity index is 2.24. The molecule has 2 aromatic carbocycles. The molecule has 1 atom stereocenters. The minimum Gasteiger partial charge on any atom is -0.301 e. The molecule has 4 nitrogen and oxygen atoms in total. The van der Waals surface area contributed by atoms with E-state index in [9.17, 15) is 21.6 Å². The normalized spacial score (nSPS) is 13.2. The molecular formula is C16H17F3N2O2S. The van der Waals surface area contributed by atoms with Crippen LogP contribution in [0.4, 0.5) is 13.2 Å². The van der Waals surface area contributed by atoms with Crippen LogP contribution < -0.4 is 4.72 Å². The van der Waals surface area contributed by atoms with Gasteiger partial charge in [0.25, 0.3) is 0 Å². The Hall–Kier alpha value is -1.90. The van der Waals surface area contributed by atoms with Crippen LogP contribution in [0.5, 0.6) is 0 Å². The van der Waals surface area contributed by atoms with Crippen LogP contribution in [-0.4, -0.2) is 34.0 Å². The third-order valence-electron chi connectivity index (χ3n) is 3.51.